The van der Waals surface area contributed by atoms with E-state index in [4.69, 9.17) is 0 Å². The Kier molecular flexibility index (Phi) is 30.0. The topological polar surface area (TPSA) is 0 Å². The van der Waals surface area contributed by atoms with Crippen LogP contribution < -0.4 is 0 Å². The average molecular weight is 542 g/mol. The minimum Gasteiger partial charge on any atom is -0.358 e. The Labute approximate surface area is 197 Å². The summed E-state index contributed by atoms with van der Waals surface area (Å²) in [4.78, 5) is 0. The van der Waals surface area contributed by atoms with Crippen LogP contribution in [0.15, 0.2) is 66.7 Å². The largest absolute Gasteiger partial charge is 0.358 e. The quantitative estimate of drug-likeness (QED) is 0.214. The van der Waals surface area contributed by atoms with Gasteiger partial charge in [-0.1, -0.05) is 43.7 Å². The van der Waals surface area contributed by atoms with Crippen molar-refractivity contribution >= 4 is 16.3 Å². The fourth-order valence-electron chi connectivity index (χ4n) is 2.65. The van der Waals surface area contributed by atoms with Crippen LogP contribution in [0.2, 0.25) is 0 Å². The van der Waals surface area contributed by atoms with Gasteiger partial charge in [0.1, 0.15) is 0 Å². The van der Waals surface area contributed by atoms with Gasteiger partial charge in [0.25, 0.3) is 0 Å². The summed E-state index contributed by atoms with van der Waals surface area (Å²) in [7, 11) is 0. The summed E-state index contributed by atoms with van der Waals surface area (Å²) in [5.41, 5.74) is 4.23. The van der Waals surface area contributed by atoms with Crippen LogP contribution in [0, 0.1) is 58.1 Å². The third-order valence-electron chi connectivity index (χ3n) is 3.70. The summed E-state index contributed by atoms with van der Waals surface area (Å²) < 4.78 is 0. The van der Waals surface area contributed by atoms with E-state index in [0.717, 1.165) is 12.8 Å². The Morgan fingerprint density at radius 3 is 1.71 bits per heavy atom. The number of benzene rings is 2. The standard InChI is InChI=1S/C15H13.C5H5.7CH3.Hf/c1-2-11-7-8-14-9-12-5-3-4-6-13(12)10-15(11)14;1-2-4-5-3-1;;;;;;;;/h3-6,9-10H,2,8H2,1H3;1-5H;7*1H3;/q9*-1;. The Hall–Kier alpha value is -1.34. The summed E-state index contributed by atoms with van der Waals surface area (Å²) >= 11 is 0. The zero-order valence-electron chi connectivity index (χ0n) is 19.3. The molecule has 0 saturated heterocycles. The van der Waals surface area contributed by atoms with Gasteiger partial charge in [0.05, 0.1) is 0 Å². The molecule has 0 spiro atoms. The van der Waals surface area contributed by atoms with Crippen LogP contribution in [0.3, 0.4) is 0 Å². The molecule has 3 aromatic rings. The smallest absolute Gasteiger partial charge is 0 e. The monoisotopic (exact) mass is 543 g/mol. The number of hydrogen-bond acceptors (Lipinski definition) is 0. The van der Waals surface area contributed by atoms with Crippen molar-refractivity contribution in [3.8, 4) is 0 Å². The van der Waals surface area contributed by atoms with E-state index >= 15 is 0 Å². The van der Waals surface area contributed by atoms with Gasteiger partial charge in [-0.25, -0.2) is 17.7 Å². The maximum Gasteiger partial charge on any atom is 0 e. The van der Waals surface area contributed by atoms with Gasteiger partial charge in [-0.05, 0) is 10.8 Å². The van der Waals surface area contributed by atoms with Crippen molar-refractivity contribution in [3.05, 3.63) is 136 Å². The van der Waals surface area contributed by atoms with E-state index in [-0.39, 0.29) is 77.8 Å². The van der Waals surface area contributed by atoms with Gasteiger partial charge in [0.2, 0.25) is 0 Å². The summed E-state index contributed by atoms with van der Waals surface area (Å²) in [5.74, 6) is 0. The molecular weight excluding hydrogens is 503 g/mol. The fraction of sp³-hybridized carbons (Fsp3) is 0.111. The third-order valence-corrected chi connectivity index (χ3v) is 3.70. The molecule has 0 aliphatic heterocycles. The Balaban J connectivity index is -0.0000000839. The molecule has 0 radical (unpaired) electrons. The molecule has 28 heavy (non-hydrogen) atoms. The second-order valence-corrected chi connectivity index (χ2v) is 5.00. The van der Waals surface area contributed by atoms with E-state index in [0.29, 0.717) is 0 Å². The van der Waals surface area contributed by atoms with Crippen LogP contribution in [0.4, 0.5) is 0 Å². The Morgan fingerprint density at radius 2 is 1.29 bits per heavy atom. The summed E-state index contributed by atoms with van der Waals surface area (Å²) in [6, 6.07) is 23.2. The van der Waals surface area contributed by atoms with Crippen LogP contribution in [-0.4, -0.2) is 0 Å². The van der Waals surface area contributed by atoms with E-state index in [1.807, 2.05) is 30.3 Å². The van der Waals surface area contributed by atoms with Crippen molar-refractivity contribution in [2.24, 2.45) is 0 Å². The van der Waals surface area contributed by atoms with Crippen LogP contribution >= 0.6 is 0 Å². The minimum absolute atomic E-state index is 0. The van der Waals surface area contributed by atoms with E-state index in [2.05, 4.69) is 49.4 Å². The van der Waals surface area contributed by atoms with Gasteiger partial charge >= 0.3 is 0 Å². The fourth-order valence-corrected chi connectivity index (χ4v) is 2.65. The molecule has 0 fully saturated rings. The molecule has 160 valence electrons. The predicted molar refractivity (Wildman–Crippen MR) is 132 cm³/mol. The molecule has 0 N–H and O–H groups in total. The van der Waals surface area contributed by atoms with Crippen molar-refractivity contribution < 1.29 is 25.8 Å². The van der Waals surface area contributed by atoms with Crippen molar-refractivity contribution in [1.29, 1.82) is 0 Å². The zero-order valence-corrected chi connectivity index (χ0v) is 22.9. The molecular formula is C27H39Hf-9. The number of allylic oxidation sites excluding steroid dienone is 2. The Morgan fingerprint density at radius 1 is 0.786 bits per heavy atom. The van der Waals surface area contributed by atoms with Crippen molar-refractivity contribution in [1.82, 2.24) is 0 Å². The van der Waals surface area contributed by atoms with E-state index in [1.54, 1.807) is 0 Å². The molecule has 0 nitrogen and oxygen atoms in total. The SMILES string of the molecule is CCC1=[C-]Cc2cc3ccccc3cc21.[CH3-].[CH3-].[CH3-].[CH3-].[CH3-].[CH3-].[CH3-].[Hf].c1cc[cH-]c1. The van der Waals surface area contributed by atoms with Crippen LogP contribution in [0.5, 0.6) is 0 Å². The first kappa shape index (κ1) is 41.1. The average Bonchev–Trinajstić information content (AvgIpc) is 3.17. The van der Waals surface area contributed by atoms with Gasteiger partial charge in [0.15, 0.2) is 0 Å². The number of rotatable bonds is 1. The third kappa shape index (κ3) is 9.73. The van der Waals surface area contributed by atoms with Gasteiger partial charge in [-0.3, -0.25) is 6.08 Å². The molecule has 0 heterocycles. The zero-order chi connectivity index (χ0) is 13.8. The molecule has 1 aliphatic carbocycles. The second kappa shape index (κ2) is 20.4. The first-order valence-corrected chi connectivity index (χ1v) is 7.17. The molecule has 1 aliphatic rings. The maximum absolute atomic E-state index is 3.46. The minimum atomic E-state index is 0. The van der Waals surface area contributed by atoms with E-state index < -0.39 is 0 Å². The maximum atomic E-state index is 3.46. The predicted octanol–water partition coefficient (Wildman–Crippen LogP) is 8.55. The normalized spacial score (nSPS) is 8.96. The van der Waals surface area contributed by atoms with Gasteiger partial charge in [-0.2, -0.15) is 23.8 Å². The summed E-state index contributed by atoms with van der Waals surface area (Å²) in [5, 5.41) is 2.68. The Bertz CT molecular complexity index is 704. The first-order chi connectivity index (χ1) is 9.88. The summed E-state index contributed by atoms with van der Waals surface area (Å²) in [6.07, 6.45) is 5.54. The molecule has 0 saturated carbocycles. The molecule has 0 bridgehead atoms. The van der Waals surface area contributed by atoms with E-state index in [9.17, 15) is 0 Å². The number of hydrogen-bond donors (Lipinski definition) is 0. The molecule has 1 heteroatoms. The second-order valence-electron chi connectivity index (χ2n) is 5.00. The van der Waals surface area contributed by atoms with Crippen molar-refractivity contribution in [3.63, 3.8) is 0 Å². The van der Waals surface area contributed by atoms with Crippen LogP contribution in [0.1, 0.15) is 24.5 Å². The van der Waals surface area contributed by atoms with Gasteiger partial charge < -0.3 is 52.0 Å². The van der Waals surface area contributed by atoms with Gasteiger partial charge in [-0.15, -0.1) is 18.1 Å². The first-order valence-electron chi connectivity index (χ1n) is 7.17. The molecule has 4 rings (SSSR count). The van der Waals surface area contributed by atoms with Gasteiger partial charge in [0, 0.05) is 25.8 Å². The molecule has 3 aromatic carbocycles. The van der Waals surface area contributed by atoms with Crippen LogP contribution in [-0.2, 0) is 32.3 Å². The molecule has 0 atom stereocenters. The molecule has 0 unspecified atom stereocenters. The number of fused-ring (bicyclic) bond motifs is 2. The molecule has 0 aromatic heterocycles. The van der Waals surface area contributed by atoms with Crippen LogP contribution in [0.25, 0.3) is 16.3 Å². The van der Waals surface area contributed by atoms with Crippen molar-refractivity contribution in [2.75, 3.05) is 0 Å². The van der Waals surface area contributed by atoms with Crippen molar-refractivity contribution in [2.45, 2.75) is 19.8 Å². The van der Waals surface area contributed by atoms with E-state index in [1.165, 1.54) is 27.5 Å². The summed E-state index contributed by atoms with van der Waals surface area (Å²) in [6.45, 7) is 2.20. The molecule has 0 amide bonds.